The number of carbonyl (C=O) groups excluding carboxylic acids is 2. The van der Waals surface area contributed by atoms with Crippen LogP contribution >= 0.6 is 0 Å². The molecule has 0 atom stereocenters. The Kier molecular flexibility index (Phi) is 4.94. The van der Waals surface area contributed by atoms with Crippen LogP contribution in [-0.2, 0) is 4.79 Å². The molecule has 1 aromatic heterocycles. The molecule has 0 unspecified atom stereocenters. The molecule has 7 heteroatoms. The second-order valence-electron chi connectivity index (χ2n) is 5.75. The first-order valence-electron chi connectivity index (χ1n) is 8.05. The molecule has 0 saturated carbocycles. The molecule has 7 nitrogen and oxygen atoms in total. The van der Waals surface area contributed by atoms with E-state index in [9.17, 15) is 14.4 Å². The molecule has 3 aromatic rings. The molecule has 0 bridgehead atoms. The van der Waals surface area contributed by atoms with Gasteiger partial charge in [0.05, 0.1) is 14.2 Å². The first-order valence-corrected chi connectivity index (χ1v) is 8.05. The Labute approximate surface area is 154 Å². The van der Waals surface area contributed by atoms with Crippen LogP contribution in [0.5, 0.6) is 11.5 Å². The zero-order valence-corrected chi connectivity index (χ0v) is 15.0. The predicted octanol–water partition coefficient (Wildman–Crippen LogP) is 3.00. The number of hydrogen-bond donors (Lipinski definition) is 1. The fourth-order valence-electron chi connectivity index (χ4n) is 2.72. The summed E-state index contributed by atoms with van der Waals surface area (Å²) < 4.78 is 15.8. The van der Waals surface area contributed by atoms with Crippen LogP contribution in [0.3, 0.4) is 0 Å². The minimum atomic E-state index is -0.773. The Morgan fingerprint density at radius 3 is 2.30 bits per heavy atom. The van der Waals surface area contributed by atoms with Gasteiger partial charge in [0.2, 0.25) is 11.7 Å². The molecule has 2 aromatic carbocycles. The number of anilines is 1. The van der Waals surface area contributed by atoms with Gasteiger partial charge >= 0.3 is 5.63 Å². The molecule has 0 radical (unpaired) electrons. The molecule has 0 spiro atoms. The van der Waals surface area contributed by atoms with Crippen molar-refractivity contribution in [1.82, 2.24) is 0 Å². The van der Waals surface area contributed by atoms with Crippen molar-refractivity contribution in [2.24, 2.45) is 0 Å². The lowest BCUT2D eigenvalue weighted by Crippen LogP contribution is -2.15. The summed E-state index contributed by atoms with van der Waals surface area (Å²) in [6.07, 6.45) is 0. The zero-order valence-electron chi connectivity index (χ0n) is 15.0. The van der Waals surface area contributed by atoms with Gasteiger partial charge in [-0.2, -0.15) is 0 Å². The molecule has 1 amide bonds. The minimum absolute atomic E-state index is 0.0954. The van der Waals surface area contributed by atoms with E-state index in [2.05, 4.69) is 5.32 Å². The monoisotopic (exact) mass is 367 g/mol. The van der Waals surface area contributed by atoms with Crippen molar-refractivity contribution in [3.8, 4) is 11.5 Å². The molecule has 0 aliphatic rings. The SMILES string of the molecule is COc1ccc2cc(C(=O)c3ccc(NC(C)=O)cc3)c(=O)oc2c1OC. The van der Waals surface area contributed by atoms with Gasteiger partial charge in [0.1, 0.15) is 5.56 Å². The highest BCUT2D eigenvalue weighted by molar-refractivity contribution is 6.10. The van der Waals surface area contributed by atoms with E-state index >= 15 is 0 Å². The highest BCUT2D eigenvalue weighted by Crippen LogP contribution is 2.34. The standard InChI is InChI=1S/C20H17NO6/c1-11(22)21-14-7-4-12(5-8-14)17(23)15-10-13-6-9-16(25-2)19(26-3)18(13)27-20(15)24/h4-10H,1-3H3,(H,21,22). The van der Waals surface area contributed by atoms with Crippen LogP contribution in [0.1, 0.15) is 22.8 Å². The third-order valence-electron chi connectivity index (χ3n) is 3.96. The maximum atomic E-state index is 12.7. The minimum Gasteiger partial charge on any atom is -0.493 e. The highest BCUT2D eigenvalue weighted by Gasteiger charge is 2.19. The molecule has 1 heterocycles. The van der Waals surface area contributed by atoms with Crippen molar-refractivity contribution < 1.29 is 23.5 Å². The Bertz CT molecular complexity index is 1080. The summed E-state index contributed by atoms with van der Waals surface area (Å²) in [6.45, 7) is 1.39. The third-order valence-corrected chi connectivity index (χ3v) is 3.96. The van der Waals surface area contributed by atoms with Gasteiger partial charge in [-0.25, -0.2) is 4.79 Å². The van der Waals surface area contributed by atoms with Gasteiger partial charge in [0.25, 0.3) is 0 Å². The van der Waals surface area contributed by atoms with E-state index < -0.39 is 11.4 Å². The smallest absolute Gasteiger partial charge is 0.347 e. The van der Waals surface area contributed by atoms with Crippen LogP contribution in [-0.4, -0.2) is 25.9 Å². The Morgan fingerprint density at radius 1 is 1.00 bits per heavy atom. The zero-order chi connectivity index (χ0) is 19.6. The van der Waals surface area contributed by atoms with Gasteiger partial charge in [-0.3, -0.25) is 9.59 Å². The van der Waals surface area contributed by atoms with Crippen molar-refractivity contribution in [1.29, 1.82) is 0 Å². The summed E-state index contributed by atoms with van der Waals surface area (Å²) in [5.41, 5.74) is 0.198. The van der Waals surface area contributed by atoms with Crippen molar-refractivity contribution >= 4 is 28.3 Å². The van der Waals surface area contributed by atoms with Crippen LogP contribution in [0.25, 0.3) is 11.0 Å². The molecule has 0 aliphatic heterocycles. The van der Waals surface area contributed by atoms with Crippen LogP contribution in [0.2, 0.25) is 0 Å². The van der Waals surface area contributed by atoms with E-state index in [4.69, 9.17) is 13.9 Å². The highest BCUT2D eigenvalue weighted by atomic mass is 16.5. The first-order chi connectivity index (χ1) is 12.9. The number of benzene rings is 2. The van der Waals surface area contributed by atoms with Gasteiger partial charge < -0.3 is 19.2 Å². The van der Waals surface area contributed by atoms with Gasteiger partial charge in [-0.05, 0) is 42.5 Å². The lowest BCUT2D eigenvalue weighted by molar-refractivity contribution is -0.114. The number of amides is 1. The van der Waals surface area contributed by atoms with Crippen molar-refractivity contribution in [3.05, 3.63) is 64.0 Å². The third kappa shape index (κ3) is 3.52. The van der Waals surface area contributed by atoms with Crippen molar-refractivity contribution in [2.75, 3.05) is 19.5 Å². The van der Waals surface area contributed by atoms with Gasteiger partial charge in [-0.15, -0.1) is 0 Å². The van der Waals surface area contributed by atoms with E-state index in [1.807, 2.05) is 0 Å². The number of ether oxygens (including phenoxy) is 2. The van der Waals surface area contributed by atoms with Crippen LogP contribution in [0.15, 0.2) is 51.7 Å². The molecular formula is C20H17NO6. The van der Waals surface area contributed by atoms with E-state index in [1.165, 1.54) is 39.3 Å². The average Bonchev–Trinajstić information content (AvgIpc) is 2.66. The summed E-state index contributed by atoms with van der Waals surface area (Å²) in [4.78, 5) is 36.2. The van der Waals surface area contributed by atoms with Gasteiger partial charge in [0, 0.05) is 23.6 Å². The Balaban J connectivity index is 2.03. The number of rotatable bonds is 5. The number of fused-ring (bicyclic) bond motifs is 1. The molecule has 138 valence electrons. The lowest BCUT2D eigenvalue weighted by Gasteiger charge is -2.10. The van der Waals surface area contributed by atoms with E-state index in [1.54, 1.807) is 24.3 Å². The van der Waals surface area contributed by atoms with Gasteiger partial charge in [-0.1, -0.05) is 0 Å². The fraction of sp³-hybridized carbons (Fsp3) is 0.150. The second kappa shape index (κ2) is 7.33. The maximum Gasteiger partial charge on any atom is 0.347 e. The Hall–Kier alpha value is -3.61. The van der Waals surface area contributed by atoms with Crippen LogP contribution < -0.4 is 20.4 Å². The first kappa shape index (κ1) is 18.2. The average molecular weight is 367 g/mol. The second-order valence-corrected chi connectivity index (χ2v) is 5.75. The van der Waals surface area contributed by atoms with Crippen molar-refractivity contribution in [3.63, 3.8) is 0 Å². The molecule has 1 N–H and O–H groups in total. The molecule has 3 rings (SSSR count). The van der Waals surface area contributed by atoms with Crippen LogP contribution in [0.4, 0.5) is 5.69 Å². The van der Waals surface area contributed by atoms with E-state index in [0.717, 1.165) is 0 Å². The topological polar surface area (TPSA) is 94.8 Å². The van der Waals surface area contributed by atoms with E-state index in [-0.39, 0.29) is 22.8 Å². The normalized spacial score (nSPS) is 10.5. The van der Waals surface area contributed by atoms with Crippen molar-refractivity contribution in [2.45, 2.75) is 6.92 Å². The summed E-state index contributed by atoms with van der Waals surface area (Å²) in [7, 11) is 2.91. The van der Waals surface area contributed by atoms with Crippen LogP contribution in [0, 0.1) is 0 Å². The number of nitrogens with one attached hydrogen (secondary N) is 1. The quantitative estimate of drug-likeness (QED) is 0.550. The maximum absolute atomic E-state index is 12.7. The number of carbonyl (C=O) groups is 2. The largest absolute Gasteiger partial charge is 0.493 e. The molecule has 0 saturated heterocycles. The number of hydrogen-bond acceptors (Lipinski definition) is 6. The summed E-state index contributed by atoms with van der Waals surface area (Å²) in [6, 6.07) is 11.1. The van der Waals surface area contributed by atoms with Gasteiger partial charge in [0.15, 0.2) is 17.1 Å². The predicted molar refractivity (Wildman–Crippen MR) is 99.8 cm³/mol. The molecular weight excluding hydrogens is 350 g/mol. The Morgan fingerprint density at radius 2 is 1.70 bits per heavy atom. The fourth-order valence-corrected chi connectivity index (χ4v) is 2.72. The van der Waals surface area contributed by atoms with E-state index in [0.29, 0.717) is 22.4 Å². The summed E-state index contributed by atoms with van der Waals surface area (Å²) in [5.74, 6) is 0.00924. The number of methoxy groups -OCH3 is 2. The molecule has 0 aliphatic carbocycles. The lowest BCUT2D eigenvalue weighted by atomic mass is 10.0. The number of ketones is 1. The summed E-state index contributed by atoms with van der Waals surface area (Å²) in [5, 5.41) is 3.15. The molecule has 27 heavy (non-hydrogen) atoms. The summed E-state index contributed by atoms with van der Waals surface area (Å²) >= 11 is 0. The molecule has 0 fully saturated rings.